The van der Waals surface area contributed by atoms with Gasteiger partial charge in [0.2, 0.25) is 0 Å². The molecule has 0 aliphatic rings. The van der Waals surface area contributed by atoms with E-state index >= 15 is 0 Å². The fraction of sp³-hybridized carbons (Fsp3) is 0.429. The monoisotopic (exact) mass is 265 g/mol. The fourth-order valence-corrected chi connectivity index (χ4v) is 3.31. The summed E-state index contributed by atoms with van der Waals surface area (Å²) in [5, 5.41) is 12.5. The molecule has 0 fully saturated rings. The topological polar surface area (TPSA) is 12.0 Å². The fourth-order valence-electron chi connectivity index (χ4n) is 1.95. The second-order valence-electron chi connectivity index (χ2n) is 4.32. The molecule has 0 aliphatic heterocycles. The third kappa shape index (κ3) is 4.26. The van der Waals surface area contributed by atoms with Crippen molar-refractivity contribution >= 4 is 22.7 Å². The summed E-state index contributed by atoms with van der Waals surface area (Å²) in [5.74, 6) is 0. The predicted molar refractivity (Wildman–Crippen MR) is 78.1 cm³/mol. The Morgan fingerprint density at radius 2 is 1.65 bits per heavy atom. The van der Waals surface area contributed by atoms with Crippen molar-refractivity contribution in [2.24, 2.45) is 0 Å². The van der Waals surface area contributed by atoms with Crippen molar-refractivity contribution in [1.82, 2.24) is 5.32 Å². The Morgan fingerprint density at radius 1 is 1.06 bits per heavy atom. The molecule has 0 aliphatic carbocycles. The first kappa shape index (κ1) is 12.8. The maximum atomic E-state index is 3.66. The summed E-state index contributed by atoms with van der Waals surface area (Å²) < 4.78 is 0. The Bertz CT molecular complexity index is 356. The largest absolute Gasteiger partial charge is 0.313 e. The Morgan fingerprint density at radius 3 is 2.06 bits per heavy atom. The molecule has 0 radical (unpaired) electrons. The smallest absolute Gasteiger partial charge is 0.0148 e. The van der Waals surface area contributed by atoms with E-state index in [4.69, 9.17) is 0 Å². The number of hydrogen-bond donors (Lipinski definition) is 1. The molecule has 0 bridgehead atoms. The van der Waals surface area contributed by atoms with E-state index in [1.165, 1.54) is 17.5 Å². The average molecular weight is 265 g/mol. The van der Waals surface area contributed by atoms with E-state index < -0.39 is 0 Å². The van der Waals surface area contributed by atoms with Gasteiger partial charge >= 0.3 is 0 Å². The summed E-state index contributed by atoms with van der Waals surface area (Å²) in [5.41, 5.74) is 2.91. The highest BCUT2D eigenvalue weighted by Crippen LogP contribution is 2.14. The van der Waals surface area contributed by atoms with Crippen LogP contribution in [0, 0.1) is 0 Å². The Kier molecular flexibility index (Phi) is 5.23. The van der Waals surface area contributed by atoms with Gasteiger partial charge in [-0.3, -0.25) is 0 Å². The van der Waals surface area contributed by atoms with Crippen LogP contribution in [0.3, 0.4) is 0 Å². The van der Waals surface area contributed by atoms with Crippen molar-refractivity contribution in [2.75, 3.05) is 6.54 Å². The lowest BCUT2D eigenvalue weighted by Gasteiger charge is -2.17. The average Bonchev–Trinajstić information content (AvgIpc) is 2.99. The van der Waals surface area contributed by atoms with Crippen LogP contribution in [0.5, 0.6) is 0 Å². The normalized spacial score (nSPS) is 11.2. The van der Waals surface area contributed by atoms with Gasteiger partial charge in [-0.2, -0.15) is 22.7 Å². The van der Waals surface area contributed by atoms with Gasteiger partial charge in [0.15, 0.2) is 0 Å². The molecule has 3 heteroatoms. The molecule has 17 heavy (non-hydrogen) atoms. The van der Waals surface area contributed by atoms with E-state index in [9.17, 15) is 0 Å². The van der Waals surface area contributed by atoms with Crippen molar-refractivity contribution in [1.29, 1.82) is 0 Å². The maximum Gasteiger partial charge on any atom is 0.0148 e. The van der Waals surface area contributed by atoms with Crippen molar-refractivity contribution in [2.45, 2.75) is 32.2 Å². The third-order valence-corrected chi connectivity index (χ3v) is 4.27. The summed E-state index contributed by atoms with van der Waals surface area (Å²) in [4.78, 5) is 0. The number of rotatable bonds is 7. The van der Waals surface area contributed by atoms with Crippen molar-refractivity contribution in [3.8, 4) is 0 Å². The van der Waals surface area contributed by atoms with Crippen LogP contribution in [0.1, 0.15) is 24.5 Å². The van der Waals surface area contributed by atoms with E-state index in [1.54, 1.807) is 22.7 Å². The molecule has 0 aromatic carbocycles. The van der Waals surface area contributed by atoms with E-state index in [-0.39, 0.29) is 0 Å². The molecule has 2 aromatic heterocycles. The molecule has 1 N–H and O–H groups in total. The quantitative estimate of drug-likeness (QED) is 0.799. The summed E-state index contributed by atoms with van der Waals surface area (Å²) >= 11 is 3.58. The summed E-state index contributed by atoms with van der Waals surface area (Å²) in [6, 6.07) is 5.04. The lowest BCUT2D eigenvalue weighted by molar-refractivity contribution is 0.506. The molecule has 2 rings (SSSR count). The Hall–Kier alpha value is -0.640. The summed E-state index contributed by atoms with van der Waals surface area (Å²) in [6.45, 7) is 3.33. The molecular formula is C14H19NS2. The second-order valence-corrected chi connectivity index (χ2v) is 5.88. The maximum absolute atomic E-state index is 3.66. The molecule has 0 unspecified atom stereocenters. The van der Waals surface area contributed by atoms with Crippen molar-refractivity contribution in [3.63, 3.8) is 0 Å². The molecule has 0 atom stereocenters. The zero-order chi connectivity index (χ0) is 11.9. The van der Waals surface area contributed by atoms with Crippen LogP contribution in [0.2, 0.25) is 0 Å². The first-order valence-corrected chi connectivity index (χ1v) is 8.02. The van der Waals surface area contributed by atoms with Crippen LogP contribution in [-0.4, -0.2) is 12.6 Å². The lowest BCUT2D eigenvalue weighted by atomic mass is 10.0. The van der Waals surface area contributed by atoms with E-state index in [0.717, 1.165) is 19.4 Å². The summed E-state index contributed by atoms with van der Waals surface area (Å²) in [6.07, 6.45) is 3.47. The van der Waals surface area contributed by atoms with Gasteiger partial charge in [0.25, 0.3) is 0 Å². The molecule has 0 spiro atoms. The third-order valence-electron chi connectivity index (χ3n) is 2.81. The highest BCUT2D eigenvalue weighted by atomic mass is 32.1. The molecule has 92 valence electrons. The van der Waals surface area contributed by atoms with Gasteiger partial charge in [0, 0.05) is 6.04 Å². The molecular weight excluding hydrogens is 246 g/mol. The molecule has 1 nitrogen and oxygen atoms in total. The van der Waals surface area contributed by atoms with Gasteiger partial charge in [-0.1, -0.05) is 6.92 Å². The molecule has 0 amide bonds. The predicted octanol–water partition coefficient (Wildman–Crippen LogP) is 3.96. The van der Waals surface area contributed by atoms with Gasteiger partial charge in [0.1, 0.15) is 0 Å². The number of nitrogens with one attached hydrogen (secondary N) is 1. The lowest BCUT2D eigenvalue weighted by Crippen LogP contribution is -2.33. The minimum absolute atomic E-state index is 0.569. The van der Waals surface area contributed by atoms with Gasteiger partial charge in [-0.25, -0.2) is 0 Å². The zero-order valence-electron chi connectivity index (χ0n) is 10.2. The first-order valence-electron chi connectivity index (χ1n) is 6.14. The zero-order valence-corrected chi connectivity index (χ0v) is 11.8. The SMILES string of the molecule is CCCNC(Cc1ccsc1)Cc1ccsc1. The van der Waals surface area contributed by atoms with Gasteiger partial charge in [0.05, 0.1) is 0 Å². The van der Waals surface area contributed by atoms with E-state index in [1.807, 2.05) is 0 Å². The Labute approximate surface area is 112 Å². The molecule has 2 aromatic rings. The minimum Gasteiger partial charge on any atom is -0.313 e. The number of thiophene rings is 2. The molecule has 0 saturated carbocycles. The summed E-state index contributed by atoms with van der Waals surface area (Å²) in [7, 11) is 0. The van der Waals surface area contributed by atoms with Crippen LogP contribution in [0.25, 0.3) is 0 Å². The highest BCUT2D eigenvalue weighted by molar-refractivity contribution is 7.08. The van der Waals surface area contributed by atoms with Crippen molar-refractivity contribution in [3.05, 3.63) is 44.8 Å². The Balaban J connectivity index is 1.92. The van der Waals surface area contributed by atoms with Gasteiger partial charge in [-0.05, 0) is 70.6 Å². The minimum atomic E-state index is 0.569. The van der Waals surface area contributed by atoms with Gasteiger partial charge in [-0.15, -0.1) is 0 Å². The second kappa shape index (κ2) is 6.94. The van der Waals surface area contributed by atoms with Crippen LogP contribution >= 0.6 is 22.7 Å². The van der Waals surface area contributed by atoms with Crippen molar-refractivity contribution < 1.29 is 0 Å². The van der Waals surface area contributed by atoms with Gasteiger partial charge < -0.3 is 5.32 Å². The van der Waals surface area contributed by atoms with Crippen LogP contribution in [0.4, 0.5) is 0 Å². The first-order chi connectivity index (χ1) is 8.38. The van der Waals surface area contributed by atoms with Crippen LogP contribution in [0.15, 0.2) is 33.7 Å². The van der Waals surface area contributed by atoms with E-state index in [0.29, 0.717) is 6.04 Å². The molecule has 2 heterocycles. The van der Waals surface area contributed by atoms with E-state index in [2.05, 4.69) is 45.9 Å². The standard InChI is InChI=1S/C14H19NS2/c1-2-5-15-14(8-12-3-6-16-10-12)9-13-4-7-17-11-13/h3-4,6-7,10-11,14-15H,2,5,8-9H2,1H3. The highest BCUT2D eigenvalue weighted by Gasteiger charge is 2.10. The van der Waals surface area contributed by atoms with Crippen LogP contribution < -0.4 is 5.32 Å². The van der Waals surface area contributed by atoms with Crippen LogP contribution in [-0.2, 0) is 12.8 Å². The number of hydrogen-bond acceptors (Lipinski definition) is 3. The molecule has 0 saturated heterocycles.